The Morgan fingerprint density at radius 1 is 1.16 bits per heavy atom. The maximum absolute atomic E-state index is 5.36. The molecular formula is C19H41IN4O. The van der Waals surface area contributed by atoms with E-state index in [1.54, 1.807) is 0 Å². The second-order valence-electron chi connectivity index (χ2n) is 6.85. The molecule has 1 fully saturated rings. The molecule has 0 spiro atoms. The number of rotatable bonds is 12. The van der Waals surface area contributed by atoms with E-state index in [2.05, 4.69) is 34.4 Å². The third-order valence-electron chi connectivity index (χ3n) is 4.45. The fourth-order valence-electron chi connectivity index (χ4n) is 3.15. The van der Waals surface area contributed by atoms with Gasteiger partial charge in [0.2, 0.25) is 0 Å². The molecule has 0 aromatic rings. The molecule has 1 aliphatic rings. The number of halogens is 1. The zero-order chi connectivity index (χ0) is 17.5. The van der Waals surface area contributed by atoms with Gasteiger partial charge in [-0.2, -0.15) is 0 Å². The maximum Gasteiger partial charge on any atom is 0.191 e. The van der Waals surface area contributed by atoms with E-state index in [9.17, 15) is 0 Å². The molecule has 0 saturated carbocycles. The monoisotopic (exact) mass is 468 g/mol. The van der Waals surface area contributed by atoms with Crippen molar-refractivity contribution in [3.8, 4) is 0 Å². The molecule has 0 aromatic carbocycles. The standard InChI is InChI=1S/C19H40N4O.HI/c1-4-20-19(22-13-7-9-16-24-5-2)21-12-6-8-14-23-15-10-11-18(3)17-23;/h18H,4-17H2,1-3H3,(H2,20,21,22);1H. The lowest BCUT2D eigenvalue weighted by molar-refractivity contribution is 0.143. The number of piperidine rings is 1. The molecule has 0 aliphatic carbocycles. The SMILES string of the molecule is CCNC(=NCCCCN1CCCC(C)C1)NCCCCOCC.I. The minimum Gasteiger partial charge on any atom is -0.382 e. The van der Waals surface area contributed by atoms with Gasteiger partial charge in [-0.15, -0.1) is 24.0 Å². The zero-order valence-electron chi connectivity index (χ0n) is 16.7. The van der Waals surface area contributed by atoms with E-state index in [1.165, 1.54) is 45.3 Å². The summed E-state index contributed by atoms with van der Waals surface area (Å²) in [7, 11) is 0. The number of unbranched alkanes of at least 4 members (excludes halogenated alkanes) is 2. The average Bonchev–Trinajstić information content (AvgIpc) is 2.57. The Bertz CT molecular complexity index is 329. The molecule has 0 aromatic heterocycles. The summed E-state index contributed by atoms with van der Waals surface area (Å²) in [6.07, 6.45) is 7.43. The fraction of sp³-hybridized carbons (Fsp3) is 0.947. The predicted molar refractivity (Wildman–Crippen MR) is 119 cm³/mol. The average molecular weight is 468 g/mol. The van der Waals surface area contributed by atoms with Crippen LogP contribution in [0.3, 0.4) is 0 Å². The topological polar surface area (TPSA) is 48.9 Å². The number of ether oxygens (including phenoxy) is 1. The lowest BCUT2D eigenvalue weighted by atomic mass is 10.0. The van der Waals surface area contributed by atoms with E-state index < -0.39 is 0 Å². The van der Waals surface area contributed by atoms with E-state index >= 15 is 0 Å². The van der Waals surface area contributed by atoms with Crippen LogP contribution in [0.4, 0.5) is 0 Å². The Balaban J connectivity index is 0.00000576. The first kappa shape index (κ1) is 24.9. The number of hydrogen-bond donors (Lipinski definition) is 2. The molecule has 1 unspecified atom stereocenters. The van der Waals surface area contributed by atoms with Crippen LogP contribution in [0.1, 0.15) is 59.3 Å². The Morgan fingerprint density at radius 2 is 2.00 bits per heavy atom. The van der Waals surface area contributed by atoms with Gasteiger partial charge in [0.05, 0.1) is 0 Å². The van der Waals surface area contributed by atoms with Gasteiger partial charge in [0.1, 0.15) is 0 Å². The first-order chi connectivity index (χ1) is 11.8. The summed E-state index contributed by atoms with van der Waals surface area (Å²) in [5.74, 6) is 1.84. The van der Waals surface area contributed by atoms with Crippen molar-refractivity contribution in [2.45, 2.75) is 59.3 Å². The lowest BCUT2D eigenvalue weighted by Crippen LogP contribution is -2.38. The van der Waals surface area contributed by atoms with Crippen LogP contribution < -0.4 is 10.6 Å². The van der Waals surface area contributed by atoms with Crippen molar-refractivity contribution >= 4 is 29.9 Å². The van der Waals surface area contributed by atoms with Gasteiger partial charge in [-0.25, -0.2) is 0 Å². The van der Waals surface area contributed by atoms with Crippen molar-refractivity contribution in [3.05, 3.63) is 0 Å². The van der Waals surface area contributed by atoms with E-state index in [1.807, 2.05) is 6.92 Å². The minimum absolute atomic E-state index is 0. The van der Waals surface area contributed by atoms with Crippen LogP contribution in [0.25, 0.3) is 0 Å². The molecule has 2 N–H and O–H groups in total. The van der Waals surface area contributed by atoms with Crippen molar-refractivity contribution in [3.63, 3.8) is 0 Å². The highest BCUT2D eigenvalue weighted by molar-refractivity contribution is 14.0. The molecule has 1 heterocycles. The molecule has 6 heteroatoms. The third kappa shape index (κ3) is 13.7. The molecule has 1 atom stereocenters. The van der Waals surface area contributed by atoms with Gasteiger partial charge in [0, 0.05) is 39.4 Å². The Hall–Kier alpha value is -0.0800. The summed E-state index contributed by atoms with van der Waals surface area (Å²) < 4.78 is 5.36. The van der Waals surface area contributed by atoms with Crippen molar-refractivity contribution in [1.82, 2.24) is 15.5 Å². The van der Waals surface area contributed by atoms with Crippen molar-refractivity contribution in [2.24, 2.45) is 10.9 Å². The predicted octanol–water partition coefficient (Wildman–Crippen LogP) is 3.49. The largest absolute Gasteiger partial charge is 0.382 e. The van der Waals surface area contributed by atoms with E-state index in [0.29, 0.717) is 0 Å². The molecule has 150 valence electrons. The first-order valence-corrected chi connectivity index (χ1v) is 10.1. The zero-order valence-corrected chi connectivity index (χ0v) is 19.0. The van der Waals surface area contributed by atoms with Gasteiger partial charge in [0.25, 0.3) is 0 Å². The molecular weight excluding hydrogens is 427 g/mol. The molecule has 0 amide bonds. The van der Waals surface area contributed by atoms with Crippen LogP contribution >= 0.6 is 24.0 Å². The fourth-order valence-corrected chi connectivity index (χ4v) is 3.15. The number of nitrogens with one attached hydrogen (secondary N) is 2. The van der Waals surface area contributed by atoms with Gasteiger partial charge in [0.15, 0.2) is 5.96 Å². The van der Waals surface area contributed by atoms with Crippen LogP contribution in [-0.2, 0) is 4.74 Å². The highest BCUT2D eigenvalue weighted by atomic mass is 127. The Labute approximate surface area is 172 Å². The smallest absolute Gasteiger partial charge is 0.191 e. The maximum atomic E-state index is 5.36. The summed E-state index contributed by atoms with van der Waals surface area (Å²) in [4.78, 5) is 7.31. The lowest BCUT2D eigenvalue weighted by Gasteiger charge is -2.30. The normalized spacial score (nSPS) is 18.7. The summed E-state index contributed by atoms with van der Waals surface area (Å²) in [5.41, 5.74) is 0. The number of guanidine groups is 1. The van der Waals surface area contributed by atoms with Gasteiger partial charge in [-0.3, -0.25) is 4.99 Å². The van der Waals surface area contributed by atoms with Crippen LogP contribution in [-0.4, -0.2) is 63.3 Å². The summed E-state index contributed by atoms with van der Waals surface area (Å²) in [6.45, 7) is 14.8. The summed E-state index contributed by atoms with van der Waals surface area (Å²) in [5, 5.41) is 6.74. The second-order valence-corrected chi connectivity index (χ2v) is 6.85. The number of hydrogen-bond acceptors (Lipinski definition) is 3. The molecule has 0 bridgehead atoms. The molecule has 5 nitrogen and oxygen atoms in total. The van der Waals surface area contributed by atoms with Gasteiger partial charge >= 0.3 is 0 Å². The summed E-state index contributed by atoms with van der Waals surface area (Å²) >= 11 is 0. The Morgan fingerprint density at radius 3 is 2.72 bits per heavy atom. The van der Waals surface area contributed by atoms with Gasteiger partial charge in [-0.1, -0.05) is 6.92 Å². The van der Waals surface area contributed by atoms with Crippen LogP contribution in [0, 0.1) is 5.92 Å². The van der Waals surface area contributed by atoms with Crippen LogP contribution in [0.5, 0.6) is 0 Å². The van der Waals surface area contributed by atoms with Gasteiger partial charge in [-0.05, 0) is 71.4 Å². The third-order valence-corrected chi connectivity index (χ3v) is 4.45. The Kier molecular flexibility index (Phi) is 17.3. The van der Waals surface area contributed by atoms with E-state index in [0.717, 1.165) is 57.6 Å². The molecule has 25 heavy (non-hydrogen) atoms. The number of aliphatic imine (C=N–C) groups is 1. The molecule has 1 rings (SSSR count). The van der Waals surface area contributed by atoms with E-state index in [-0.39, 0.29) is 24.0 Å². The molecule has 0 radical (unpaired) electrons. The number of likely N-dealkylation sites (tertiary alicyclic amines) is 1. The van der Waals surface area contributed by atoms with E-state index in [4.69, 9.17) is 4.74 Å². The summed E-state index contributed by atoms with van der Waals surface area (Å²) in [6, 6.07) is 0. The highest BCUT2D eigenvalue weighted by Crippen LogP contribution is 2.15. The quantitative estimate of drug-likeness (QED) is 0.199. The van der Waals surface area contributed by atoms with Crippen molar-refractivity contribution in [2.75, 3.05) is 52.5 Å². The molecule has 1 saturated heterocycles. The first-order valence-electron chi connectivity index (χ1n) is 10.1. The minimum atomic E-state index is 0. The van der Waals surface area contributed by atoms with Gasteiger partial charge < -0.3 is 20.3 Å². The number of nitrogens with zero attached hydrogens (tertiary/aromatic N) is 2. The van der Waals surface area contributed by atoms with Crippen molar-refractivity contribution in [1.29, 1.82) is 0 Å². The van der Waals surface area contributed by atoms with Crippen LogP contribution in [0.2, 0.25) is 0 Å². The molecule has 1 aliphatic heterocycles. The van der Waals surface area contributed by atoms with Crippen LogP contribution in [0.15, 0.2) is 4.99 Å². The van der Waals surface area contributed by atoms with Crippen molar-refractivity contribution < 1.29 is 4.74 Å². The highest BCUT2D eigenvalue weighted by Gasteiger charge is 2.15. The second kappa shape index (κ2) is 17.3.